The second-order valence-corrected chi connectivity index (χ2v) is 4.70. The molecule has 1 aromatic carbocycles. The van der Waals surface area contributed by atoms with Crippen molar-refractivity contribution >= 4 is 11.9 Å². The molecule has 1 saturated heterocycles. The number of aliphatic carboxylic acids is 1. The van der Waals surface area contributed by atoms with Gasteiger partial charge in [0.1, 0.15) is 6.04 Å². The van der Waals surface area contributed by atoms with Crippen LogP contribution in [0.15, 0.2) is 18.2 Å². The second-order valence-electron chi connectivity index (χ2n) is 4.70. The number of hydrogen-bond donors (Lipinski definition) is 1. The van der Waals surface area contributed by atoms with Crippen LogP contribution < -0.4 is 4.74 Å². The van der Waals surface area contributed by atoms with E-state index in [9.17, 15) is 14.0 Å². The quantitative estimate of drug-likeness (QED) is 0.919. The van der Waals surface area contributed by atoms with Gasteiger partial charge in [0.25, 0.3) is 5.91 Å². The van der Waals surface area contributed by atoms with Crippen molar-refractivity contribution in [1.29, 1.82) is 0 Å². The lowest BCUT2D eigenvalue weighted by Crippen LogP contribution is -2.48. The molecule has 5 nitrogen and oxygen atoms in total. The number of benzene rings is 1. The van der Waals surface area contributed by atoms with Crippen molar-refractivity contribution in [1.82, 2.24) is 4.90 Å². The van der Waals surface area contributed by atoms with Crippen LogP contribution in [-0.4, -0.2) is 41.6 Å². The molecule has 0 bridgehead atoms. The Kier molecular flexibility index (Phi) is 4.22. The maximum atomic E-state index is 13.6. The summed E-state index contributed by atoms with van der Waals surface area (Å²) in [4.78, 5) is 24.8. The third-order valence-corrected chi connectivity index (χ3v) is 3.45. The summed E-state index contributed by atoms with van der Waals surface area (Å²) in [5.41, 5.74) is 0.136. The van der Waals surface area contributed by atoms with Crippen molar-refractivity contribution in [2.24, 2.45) is 0 Å². The van der Waals surface area contributed by atoms with E-state index >= 15 is 0 Å². The van der Waals surface area contributed by atoms with Crippen molar-refractivity contribution in [3.05, 3.63) is 29.6 Å². The fourth-order valence-electron chi connectivity index (χ4n) is 2.40. The van der Waals surface area contributed by atoms with E-state index in [4.69, 9.17) is 9.84 Å². The van der Waals surface area contributed by atoms with Crippen LogP contribution in [0.1, 0.15) is 29.6 Å². The third-order valence-electron chi connectivity index (χ3n) is 3.45. The molecule has 0 radical (unpaired) electrons. The predicted octanol–water partition coefficient (Wildman–Crippen LogP) is 1.91. The number of nitrogens with zero attached hydrogens (tertiary/aromatic N) is 1. The van der Waals surface area contributed by atoms with Gasteiger partial charge in [0.2, 0.25) is 0 Å². The summed E-state index contributed by atoms with van der Waals surface area (Å²) in [6.07, 6.45) is 1.96. The molecule has 1 heterocycles. The van der Waals surface area contributed by atoms with Gasteiger partial charge in [0.15, 0.2) is 11.6 Å². The number of hydrogen-bond acceptors (Lipinski definition) is 3. The molecule has 2 rings (SSSR count). The zero-order chi connectivity index (χ0) is 14.7. The molecular weight excluding hydrogens is 265 g/mol. The van der Waals surface area contributed by atoms with Gasteiger partial charge in [-0.3, -0.25) is 4.79 Å². The van der Waals surface area contributed by atoms with E-state index < -0.39 is 23.7 Å². The molecule has 1 fully saturated rings. The maximum absolute atomic E-state index is 13.6. The number of carboxylic acids is 1. The van der Waals surface area contributed by atoms with Gasteiger partial charge in [0.05, 0.1) is 7.11 Å². The van der Waals surface area contributed by atoms with Crippen molar-refractivity contribution in [2.75, 3.05) is 13.7 Å². The molecule has 0 spiro atoms. The number of amides is 1. The number of methoxy groups -OCH3 is 1. The summed E-state index contributed by atoms with van der Waals surface area (Å²) in [6.45, 7) is 0.378. The molecule has 1 aliphatic heterocycles. The molecular formula is C14H16FNO4. The van der Waals surface area contributed by atoms with Crippen LogP contribution >= 0.6 is 0 Å². The summed E-state index contributed by atoms with van der Waals surface area (Å²) < 4.78 is 18.4. The molecule has 1 aromatic rings. The molecule has 20 heavy (non-hydrogen) atoms. The van der Waals surface area contributed by atoms with E-state index in [1.165, 1.54) is 24.1 Å². The molecule has 0 aromatic heterocycles. The number of ether oxygens (including phenoxy) is 1. The standard InChI is InChI=1S/C14H16FNO4/c1-20-12-6-5-9(8-10(12)15)13(17)16-7-3-2-4-11(16)14(18)19/h5-6,8,11H,2-4,7H2,1H3,(H,18,19)/t11-/m1/s1. The number of rotatable bonds is 3. The van der Waals surface area contributed by atoms with E-state index in [2.05, 4.69) is 0 Å². The second kappa shape index (κ2) is 5.90. The first-order valence-electron chi connectivity index (χ1n) is 6.42. The minimum atomic E-state index is -1.02. The van der Waals surface area contributed by atoms with E-state index in [0.717, 1.165) is 18.9 Å². The molecule has 108 valence electrons. The van der Waals surface area contributed by atoms with Gasteiger partial charge >= 0.3 is 5.97 Å². The molecule has 0 saturated carbocycles. The number of likely N-dealkylation sites (tertiary alicyclic amines) is 1. The van der Waals surface area contributed by atoms with Crippen LogP contribution in [0.5, 0.6) is 5.75 Å². The summed E-state index contributed by atoms with van der Waals surface area (Å²) in [5.74, 6) is -2.07. The molecule has 1 atom stereocenters. The van der Waals surface area contributed by atoms with Gasteiger partial charge in [0, 0.05) is 12.1 Å². The average molecular weight is 281 g/mol. The lowest BCUT2D eigenvalue weighted by Gasteiger charge is -2.33. The van der Waals surface area contributed by atoms with E-state index in [1.54, 1.807) is 0 Å². The fourth-order valence-corrected chi connectivity index (χ4v) is 2.40. The summed E-state index contributed by atoms with van der Waals surface area (Å²) in [5, 5.41) is 9.15. The lowest BCUT2D eigenvalue weighted by molar-refractivity contribution is -0.143. The summed E-state index contributed by atoms with van der Waals surface area (Å²) >= 11 is 0. The topological polar surface area (TPSA) is 66.8 Å². The normalized spacial score (nSPS) is 18.7. The minimum Gasteiger partial charge on any atom is -0.494 e. The van der Waals surface area contributed by atoms with Gasteiger partial charge in [-0.25, -0.2) is 9.18 Å². The maximum Gasteiger partial charge on any atom is 0.326 e. The van der Waals surface area contributed by atoms with Crippen LogP contribution in [0.25, 0.3) is 0 Å². The minimum absolute atomic E-state index is 0.0509. The van der Waals surface area contributed by atoms with Crippen LogP contribution in [0.4, 0.5) is 4.39 Å². The Hall–Kier alpha value is -2.11. The van der Waals surface area contributed by atoms with Crippen LogP contribution in [0.2, 0.25) is 0 Å². The van der Waals surface area contributed by atoms with Crippen LogP contribution in [0.3, 0.4) is 0 Å². The van der Waals surface area contributed by atoms with Gasteiger partial charge in [-0.15, -0.1) is 0 Å². The monoisotopic (exact) mass is 281 g/mol. The zero-order valence-electron chi connectivity index (χ0n) is 11.1. The van der Waals surface area contributed by atoms with E-state index in [-0.39, 0.29) is 11.3 Å². The Morgan fingerprint density at radius 2 is 2.15 bits per heavy atom. The zero-order valence-corrected chi connectivity index (χ0v) is 11.1. The average Bonchev–Trinajstić information content (AvgIpc) is 2.46. The molecule has 1 aliphatic rings. The number of carbonyl (C=O) groups excluding carboxylic acids is 1. The van der Waals surface area contributed by atoms with Gasteiger partial charge in [-0.1, -0.05) is 0 Å². The lowest BCUT2D eigenvalue weighted by atomic mass is 10.0. The molecule has 0 aliphatic carbocycles. The fraction of sp³-hybridized carbons (Fsp3) is 0.429. The SMILES string of the molecule is COc1ccc(C(=O)N2CCCC[C@@H]2C(=O)O)cc1F. The van der Waals surface area contributed by atoms with Gasteiger partial charge < -0.3 is 14.7 Å². The molecule has 0 unspecified atom stereocenters. The predicted molar refractivity (Wildman–Crippen MR) is 69.3 cm³/mol. The first-order valence-corrected chi connectivity index (χ1v) is 6.42. The Labute approximate surface area is 116 Å². The van der Waals surface area contributed by atoms with E-state index in [0.29, 0.717) is 13.0 Å². The third kappa shape index (κ3) is 2.74. The van der Waals surface area contributed by atoms with Crippen molar-refractivity contribution in [2.45, 2.75) is 25.3 Å². The van der Waals surface area contributed by atoms with Gasteiger partial charge in [-0.05, 0) is 37.5 Å². The Bertz CT molecular complexity index is 532. The first kappa shape index (κ1) is 14.3. The van der Waals surface area contributed by atoms with Crippen molar-refractivity contribution in [3.63, 3.8) is 0 Å². The Morgan fingerprint density at radius 3 is 2.75 bits per heavy atom. The largest absolute Gasteiger partial charge is 0.494 e. The smallest absolute Gasteiger partial charge is 0.326 e. The number of piperidine rings is 1. The Balaban J connectivity index is 2.25. The van der Waals surface area contributed by atoms with Crippen LogP contribution in [-0.2, 0) is 4.79 Å². The van der Waals surface area contributed by atoms with Gasteiger partial charge in [-0.2, -0.15) is 0 Å². The molecule has 1 N–H and O–H groups in total. The summed E-state index contributed by atoms with van der Waals surface area (Å²) in [6, 6.07) is 3.05. The highest BCUT2D eigenvalue weighted by molar-refractivity contribution is 5.96. The van der Waals surface area contributed by atoms with Crippen molar-refractivity contribution in [3.8, 4) is 5.75 Å². The summed E-state index contributed by atoms with van der Waals surface area (Å²) in [7, 11) is 1.34. The molecule has 6 heteroatoms. The van der Waals surface area contributed by atoms with E-state index in [1.807, 2.05) is 0 Å². The highest BCUT2D eigenvalue weighted by Crippen LogP contribution is 2.23. The highest BCUT2D eigenvalue weighted by Gasteiger charge is 2.32. The number of carboxylic acid groups (broad SMARTS) is 1. The van der Waals surface area contributed by atoms with Crippen molar-refractivity contribution < 1.29 is 23.8 Å². The number of carbonyl (C=O) groups is 2. The first-order chi connectivity index (χ1) is 9.54. The highest BCUT2D eigenvalue weighted by atomic mass is 19.1. The van der Waals surface area contributed by atoms with Crippen LogP contribution in [0, 0.1) is 5.82 Å². The number of halogens is 1. The Morgan fingerprint density at radius 1 is 1.40 bits per heavy atom. The molecule has 1 amide bonds.